The van der Waals surface area contributed by atoms with E-state index in [0.717, 1.165) is 16.7 Å². The van der Waals surface area contributed by atoms with Crippen molar-refractivity contribution in [3.8, 4) is 0 Å². The van der Waals surface area contributed by atoms with E-state index in [2.05, 4.69) is 43.5 Å². The Balaban J connectivity index is 2.23. The fourth-order valence-electron chi connectivity index (χ4n) is 1.81. The Labute approximate surface area is 109 Å². The van der Waals surface area contributed by atoms with Gasteiger partial charge in [0.25, 0.3) is 0 Å². The summed E-state index contributed by atoms with van der Waals surface area (Å²) in [6, 6.07) is 8.45. The Morgan fingerprint density at radius 3 is 2.76 bits per heavy atom. The van der Waals surface area contributed by atoms with Gasteiger partial charge in [0.15, 0.2) is 0 Å². The molecule has 1 heterocycles. The quantitative estimate of drug-likeness (QED) is 0.939. The van der Waals surface area contributed by atoms with Crippen LogP contribution in [0, 0.1) is 0 Å². The number of hydrogen-bond donors (Lipinski definition) is 1. The number of nitrogens with zero attached hydrogens (tertiary/aromatic N) is 3. The van der Waals surface area contributed by atoms with Crippen molar-refractivity contribution in [3.05, 3.63) is 46.5 Å². The highest BCUT2D eigenvalue weighted by Crippen LogP contribution is 2.24. The minimum Gasteiger partial charge on any atom is -0.313 e. The van der Waals surface area contributed by atoms with E-state index < -0.39 is 0 Å². The van der Waals surface area contributed by atoms with Gasteiger partial charge in [-0.15, -0.1) is 0 Å². The second kappa shape index (κ2) is 5.42. The van der Waals surface area contributed by atoms with Crippen LogP contribution in [0.3, 0.4) is 0 Å². The summed E-state index contributed by atoms with van der Waals surface area (Å²) in [5.41, 5.74) is 1.23. The lowest BCUT2D eigenvalue weighted by atomic mass is 10.0. The first-order chi connectivity index (χ1) is 8.22. The molecule has 0 bridgehead atoms. The molecule has 0 amide bonds. The molecular formula is C12H15BrN4. The maximum absolute atomic E-state index is 4.26. The molecule has 4 nitrogen and oxygen atoms in total. The zero-order chi connectivity index (χ0) is 12.3. The minimum absolute atomic E-state index is 0.230. The van der Waals surface area contributed by atoms with Crippen molar-refractivity contribution in [2.75, 3.05) is 7.05 Å². The summed E-state index contributed by atoms with van der Waals surface area (Å²) in [7, 11) is 3.87. The van der Waals surface area contributed by atoms with Gasteiger partial charge in [0.1, 0.15) is 12.2 Å². The molecule has 2 rings (SSSR count). The maximum atomic E-state index is 4.26. The number of nitrogens with one attached hydrogen (secondary N) is 1. The van der Waals surface area contributed by atoms with Crippen molar-refractivity contribution in [2.45, 2.75) is 12.5 Å². The van der Waals surface area contributed by atoms with Gasteiger partial charge in [-0.3, -0.25) is 4.68 Å². The van der Waals surface area contributed by atoms with Gasteiger partial charge >= 0.3 is 0 Å². The Morgan fingerprint density at radius 1 is 1.41 bits per heavy atom. The van der Waals surface area contributed by atoms with E-state index in [9.17, 15) is 0 Å². The summed E-state index contributed by atoms with van der Waals surface area (Å²) in [4.78, 5) is 4.26. The van der Waals surface area contributed by atoms with E-state index in [1.54, 1.807) is 11.0 Å². The summed E-state index contributed by atoms with van der Waals surface area (Å²) < 4.78 is 2.92. The van der Waals surface area contributed by atoms with Crippen LogP contribution in [0.2, 0.25) is 0 Å². The van der Waals surface area contributed by atoms with Gasteiger partial charge in [-0.25, -0.2) is 4.98 Å². The van der Waals surface area contributed by atoms with Crippen LogP contribution in [-0.4, -0.2) is 21.8 Å². The number of halogens is 1. The number of hydrogen-bond acceptors (Lipinski definition) is 3. The van der Waals surface area contributed by atoms with Crippen LogP contribution in [0.25, 0.3) is 0 Å². The number of benzene rings is 1. The Bertz CT molecular complexity index is 495. The van der Waals surface area contributed by atoms with Gasteiger partial charge in [-0.05, 0) is 18.7 Å². The number of likely N-dealkylation sites (N-methyl/N-ethyl adjacent to an activating group) is 1. The van der Waals surface area contributed by atoms with Crippen molar-refractivity contribution in [2.24, 2.45) is 7.05 Å². The zero-order valence-corrected chi connectivity index (χ0v) is 11.5. The van der Waals surface area contributed by atoms with Crippen LogP contribution >= 0.6 is 15.9 Å². The first-order valence-corrected chi connectivity index (χ1v) is 6.26. The summed E-state index contributed by atoms with van der Waals surface area (Å²) in [5, 5.41) is 7.40. The molecule has 0 aliphatic carbocycles. The molecule has 0 saturated carbocycles. The minimum atomic E-state index is 0.230. The second-order valence-electron chi connectivity index (χ2n) is 3.87. The SMILES string of the molecule is CNC(Cc1ncnn1C)c1ccccc1Br. The fraction of sp³-hybridized carbons (Fsp3) is 0.333. The van der Waals surface area contributed by atoms with E-state index in [1.165, 1.54) is 5.56 Å². The van der Waals surface area contributed by atoms with E-state index in [4.69, 9.17) is 0 Å². The Morgan fingerprint density at radius 2 is 2.18 bits per heavy atom. The van der Waals surface area contributed by atoms with Crippen molar-refractivity contribution in [1.82, 2.24) is 20.1 Å². The van der Waals surface area contributed by atoms with Crippen LogP contribution in [0.15, 0.2) is 35.1 Å². The van der Waals surface area contributed by atoms with Gasteiger partial charge in [0.2, 0.25) is 0 Å². The van der Waals surface area contributed by atoms with Crippen molar-refractivity contribution in [3.63, 3.8) is 0 Å². The standard InChI is InChI=1S/C12H15BrN4/c1-14-11(7-12-15-8-16-17(12)2)9-5-3-4-6-10(9)13/h3-6,8,11,14H,7H2,1-2H3. The van der Waals surface area contributed by atoms with Crippen molar-refractivity contribution >= 4 is 15.9 Å². The number of rotatable bonds is 4. The molecule has 0 saturated heterocycles. The normalized spacial score (nSPS) is 12.6. The third-order valence-corrected chi connectivity index (χ3v) is 3.54. The summed E-state index contributed by atoms with van der Waals surface area (Å²) in [6.45, 7) is 0. The van der Waals surface area contributed by atoms with Crippen LogP contribution in [0.1, 0.15) is 17.4 Å². The molecule has 1 aromatic heterocycles. The van der Waals surface area contributed by atoms with E-state index in [0.29, 0.717) is 0 Å². The molecule has 2 aromatic rings. The smallest absolute Gasteiger partial charge is 0.138 e. The first-order valence-electron chi connectivity index (χ1n) is 5.47. The molecule has 0 radical (unpaired) electrons. The van der Waals surface area contributed by atoms with Crippen molar-refractivity contribution in [1.29, 1.82) is 0 Å². The third-order valence-electron chi connectivity index (χ3n) is 2.82. The number of aromatic nitrogens is 3. The largest absolute Gasteiger partial charge is 0.313 e. The first kappa shape index (κ1) is 12.3. The van der Waals surface area contributed by atoms with E-state index >= 15 is 0 Å². The average molecular weight is 295 g/mol. The fourth-order valence-corrected chi connectivity index (χ4v) is 2.37. The molecule has 90 valence electrons. The maximum Gasteiger partial charge on any atom is 0.138 e. The Kier molecular flexibility index (Phi) is 3.91. The van der Waals surface area contributed by atoms with Gasteiger partial charge in [-0.1, -0.05) is 34.1 Å². The van der Waals surface area contributed by atoms with Crippen LogP contribution < -0.4 is 5.32 Å². The molecule has 1 N–H and O–H groups in total. The molecule has 0 spiro atoms. The van der Waals surface area contributed by atoms with Crippen molar-refractivity contribution < 1.29 is 0 Å². The molecular weight excluding hydrogens is 280 g/mol. The third kappa shape index (κ3) is 2.73. The van der Waals surface area contributed by atoms with Crippen LogP contribution in [0.4, 0.5) is 0 Å². The molecule has 1 aromatic carbocycles. The predicted molar refractivity (Wildman–Crippen MR) is 70.6 cm³/mol. The molecule has 1 atom stereocenters. The van der Waals surface area contributed by atoms with Crippen LogP contribution in [-0.2, 0) is 13.5 Å². The molecule has 0 aliphatic rings. The van der Waals surface area contributed by atoms with Gasteiger partial charge in [0.05, 0.1) is 0 Å². The van der Waals surface area contributed by atoms with E-state index in [-0.39, 0.29) is 6.04 Å². The molecule has 5 heteroatoms. The second-order valence-corrected chi connectivity index (χ2v) is 4.72. The molecule has 0 fully saturated rings. The molecule has 17 heavy (non-hydrogen) atoms. The lowest BCUT2D eigenvalue weighted by molar-refractivity contribution is 0.551. The van der Waals surface area contributed by atoms with Gasteiger partial charge in [0, 0.05) is 24.0 Å². The summed E-state index contributed by atoms with van der Waals surface area (Å²) in [5.74, 6) is 0.972. The zero-order valence-electron chi connectivity index (χ0n) is 9.89. The van der Waals surface area contributed by atoms with E-state index in [1.807, 2.05) is 26.2 Å². The molecule has 0 aliphatic heterocycles. The highest BCUT2D eigenvalue weighted by molar-refractivity contribution is 9.10. The molecule has 1 unspecified atom stereocenters. The topological polar surface area (TPSA) is 42.7 Å². The summed E-state index contributed by atoms with van der Waals surface area (Å²) in [6.07, 6.45) is 2.40. The summed E-state index contributed by atoms with van der Waals surface area (Å²) >= 11 is 3.58. The van der Waals surface area contributed by atoms with Crippen LogP contribution in [0.5, 0.6) is 0 Å². The van der Waals surface area contributed by atoms with Gasteiger partial charge < -0.3 is 5.32 Å². The Hall–Kier alpha value is -1.20. The lowest BCUT2D eigenvalue weighted by Gasteiger charge is -2.17. The highest BCUT2D eigenvalue weighted by Gasteiger charge is 2.15. The lowest BCUT2D eigenvalue weighted by Crippen LogP contribution is -2.21. The highest BCUT2D eigenvalue weighted by atomic mass is 79.9. The monoisotopic (exact) mass is 294 g/mol. The number of aryl methyl sites for hydroxylation is 1. The van der Waals surface area contributed by atoms with Gasteiger partial charge in [-0.2, -0.15) is 5.10 Å². The average Bonchev–Trinajstić information content (AvgIpc) is 2.73. The predicted octanol–water partition coefficient (Wildman–Crippen LogP) is 2.08.